The van der Waals surface area contributed by atoms with Crippen LogP contribution in [0.5, 0.6) is 11.5 Å². The van der Waals surface area contributed by atoms with Gasteiger partial charge in [-0.3, -0.25) is 9.10 Å². The molecule has 0 saturated carbocycles. The van der Waals surface area contributed by atoms with Gasteiger partial charge in [-0.05, 0) is 86.2 Å². The van der Waals surface area contributed by atoms with E-state index in [0.29, 0.717) is 41.7 Å². The monoisotopic (exact) mass is 508 g/mol. The molecule has 1 N–H and O–H groups in total. The molecule has 0 atom stereocenters. The van der Waals surface area contributed by atoms with Gasteiger partial charge in [-0.15, -0.1) is 0 Å². The summed E-state index contributed by atoms with van der Waals surface area (Å²) in [6.07, 6.45) is 4.33. The fourth-order valence-electron chi connectivity index (χ4n) is 4.38. The summed E-state index contributed by atoms with van der Waals surface area (Å²) in [6.45, 7) is 4.94. The summed E-state index contributed by atoms with van der Waals surface area (Å²) in [5.41, 5.74) is 4.93. The highest BCUT2D eigenvalue weighted by Gasteiger charge is 2.21. The number of rotatable bonds is 10. The quantitative estimate of drug-likeness (QED) is 0.407. The van der Waals surface area contributed by atoms with Crippen LogP contribution in [-0.2, 0) is 29.4 Å². The zero-order chi connectivity index (χ0) is 25.7. The fourth-order valence-corrected chi connectivity index (χ4v) is 5.26. The lowest BCUT2D eigenvalue weighted by atomic mass is 10.1. The average molecular weight is 509 g/mol. The van der Waals surface area contributed by atoms with Gasteiger partial charge in [0.15, 0.2) is 0 Å². The van der Waals surface area contributed by atoms with E-state index in [9.17, 15) is 13.2 Å². The van der Waals surface area contributed by atoms with Crippen LogP contribution < -0.4 is 19.1 Å². The van der Waals surface area contributed by atoms with Crippen LogP contribution in [0, 0.1) is 0 Å². The maximum atomic E-state index is 12.9. The van der Waals surface area contributed by atoms with Crippen molar-refractivity contribution in [2.75, 3.05) is 29.1 Å². The third kappa shape index (κ3) is 5.99. The molecule has 0 radical (unpaired) electrons. The maximum Gasteiger partial charge on any atom is 0.255 e. The van der Waals surface area contributed by atoms with Gasteiger partial charge in [0.05, 0.1) is 37.4 Å². The minimum Gasteiger partial charge on any atom is -0.494 e. The Kier molecular flexibility index (Phi) is 7.84. The summed E-state index contributed by atoms with van der Waals surface area (Å²) in [5, 5.41) is 2.89. The van der Waals surface area contributed by atoms with Gasteiger partial charge in [0, 0.05) is 11.6 Å². The lowest BCUT2D eigenvalue weighted by Crippen LogP contribution is -2.29. The van der Waals surface area contributed by atoms with E-state index in [4.69, 9.17) is 9.47 Å². The van der Waals surface area contributed by atoms with Crippen molar-refractivity contribution in [3.8, 4) is 11.5 Å². The summed E-state index contributed by atoms with van der Waals surface area (Å²) >= 11 is 0. The van der Waals surface area contributed by atoms with Crippen LogP contribution >= 0.6 is 0 Å². The van der Waals surface area contributed by atoms with Crippen LogP contribution in [0.3, 0.4) is 0 Å². The maximum absolute atomic E-state index is 12.9. The minimum atomic E-state index is -3.49. The number of nitrogens with one attached hydrogen (secondary N) is 1. The Morgan fingerprint density at radius 1 is 0.917 bits per heavy atom. The molecule has 1 amide bonds. The molecule has 36 heavy (non-hydrogen) atoms. The van der Waals surface area contributed by atoms with E-state index in [2.05, 4.69) is 5.32 Å². The van der Waals surface area contributed by atoms with E-state index in [-0.39, 0.29) is 12.5 Å². The molecule has 1 aliphatic rings. The first-order valence-corrected chi connectivity index (χ1v) is 14.0. The van der Waals surface area contributed by atoms with Crippen molar-refractivity contribution >= 4 is 27.3 Å². The Labute approximate surface area is 213 Å². The minimum absolute atomic E-state index is 0.185. The van der Waals surface area contributed by atoms with E-state index >= 15 is 0 Å². The summed E-state index contributed by atoms with van der Waals surface area (Å²) in [4.78, 5) is 12.9. The normalized spacial score (nSPS) is 12.6. The second-order valence-corrected chi connectivity index (χ2v) is 10.7. The predicted molar refractivity (Wildman–Crippen MR) is 143 cm³/mol. The first kappa shape index (κ1) is 25.6. The van der Waals surface area contributed by atoms with Crippen LogP contribution in [0.2, 0.25) is 0 Å². The molecule has 7 nitrogen and oxygen atoms in total. The van der Waals surface area contributed by atoms with Gasteiger partial charge >= 0.3 is 0 Å². The topological polar surface area (TPSA) is 84.9 Å². The first-order valence-electron chi connectivity index (χ1n) is 12.2. The van der Waals surface area contributed by atoms with Crippen LogP contribution in [0.1, 0.15) is 47.3 Å². The van der Waals surface area contributed by atoms with Crippen LogP contribution in [0.25, 0.3) is 0 Å². The number of anilines is 2. The molecule has 0 bridgehead atoms. The molecular formula is C28H32N2O5S. The van der Waals surface area contributed by atoms with E-state index < -0.39 is 10.0 Å². The smallest absolute Gasteiger partial charge is 0.255 e. The summed E-state index contributed by atoms with van der Waals surface area (Å²) in [7, 11) is -3.49. The molecule has 1 aliphatic carbocycles. The van der Waals surface area contributed by atoms with Gasteiger partial charge in [-0.1, -0.05) is 18.2 Å². The van der Waals surface area contributed by atoms with E-state index in [1.165, 1.54) is 21.7 Å². The Balaban J connectivity index is 1.51. The SMILES string of the molecule is CCOc1ccc(OCC)c(NC(=O)c2ccc(CN(c3ccc4c(c3)CCC4)S(C)(=O)=O)cc2)c1. The van der Waals surface area contributed by atoms with E-state index in [1.807, 2.05) is 32.0 Å². The third-order valence-electron chi connectivity index (χ3n) is 6.12. The molecule has 0 fully saturated rings. The van der Waals surface area contributed by atoms with Gasteiger partial charge in [0.1, 0.15) is 11.5 Å². The number of hydrogen-bond acceptors (Lipinski definition) is 5. The van der Waals surface area contributed by atoms with Gasteiger partial charge in [-0.2, -0.15) is 0 Å². The van der Waals surface area contributed by atoms with Gasteiger partial charge < -0.3 is 14.8 Å². The Morgan fingerprint density at radius 2 is 1.64 bits per heavy atom. The van der Waals surface area contributed by atoms with Crippen molar-refractivity contribution < 1.29 is 22.7 Å². The molecule has 4 rings (SSSR count). The van der Waals surface area contributed by atoms with Crippen LogP contribution in [0.15, 0.2) is 60.7 Å². The lowest BCUT2D eigenvalue weighted by molar-refractivity contribution is 0.102. The highest BCUT2D eigenvalue weighted by atomic mass is 32.2. The molecular weight excluding hydrogens is 476 g/mol. The first-order chi connectivity index (χ1) is 17.3. The summed E-state index contributed by atoms with van der Waals surface area (Å²) < 4.78 is 37.8. The molecule has 0 aromatic heterocycles. The number of nitrogens with zero attached hydrogens (tertiary/aromatic N) is 1. The van der Waals surface area contributed by atoms with E-state index in [1.54, 1.807) is 42.5 Å². The lowest BCUT2D eigenvalue weighted by Gasteiger charge is -2.23. The molecule has 0 spiro atoms. The number of benzene rings is 3. The second-order valence-electron chi connectivity index (χ2n) is 8.75. The van der Waals surface area contributed by atoms with Crippen LogP contribution in [0.4, 0.5) is 11.4 Å². The number of sulfonamides is 1. The standard InChI is InChI=1S/C28H32N2O5S/c1-4-34-25-15-16-27(35-5-2)26(18-25)29-28(31)22-11-9-20(10-12-22)19-30(36(3,32)33)24-14-13-21-7-6-8-23(21)17-24/h9-18H,4-8,19H2,1-3H3,(H,29,31). The van der Waals surface area contributed by atoms with Crippen molar-refractivity contribution in [1.29, 1.82) is 0 Å². The van der Waals surface area contributed by atoms with Gasteiger partial charge in [0.25, 0.3) is 5.91 Å². The Morgan fingerprint density at radius 3 is 2.33 bits per heavy atom. The number of amides is 1. The number of aryl methyl sites for hydroxylation is 2. The van der Waals surface area contributed by atoms with Crippen molar-refractivity contribution in [2.45, 2.75) is 39.7 Å². The zero-order valence-corrected chi connectivity index (χ0v) is 21.7. The average Bonchev–Trinajstić information content (AvgIpc) is 3.32. The number of hydrogen-bond donors (Lipinski definition) is 1. The van der Waals surface area contributed by atoms with Crippen molar-refractivity contribution in [3.63, 3.8) is 0 Å². The molecule has 3 aromatic rings. The number of carbonyl (C=O) groups is 1. The summed E-state index contributed by atoms with van der Waals surface area (Å²) in [5.74, 6) is 0.901. The molecule has 0 heterocycles. The zero-order valence-electron chi connectivity index (χ0n) is 20.9. The van der Waals surface area contributed by atoms with Crippen LogP contribution in [-0.4, -0.2) is 33.8 Å². The molecule has 0 saturated heterocycles. The number of ether oxygens (including phenoxy) is 2. The molecule has 3 aromatic carbocycles. The molecule has 8 heteroatoms. The Hall–Kier alpha value is -3.52. The van der Waals surface area contributed by atoms with Crippen molar-refractivity contribution in [1.82, 2.24) is 0 Å². The summed E-state index contributed by atoms with van der Waals surface area (Å²) in [6, 6.07) is 18.1. The predicted octanol–water partition coefficient (Wildman–Crippen LogP) is 5.19. The molecule has 0 aliphatic heterocycles. The highest BCUT2D eigenvalue weighted by molar-refractivity contribution is 7.92. The molecule has 190 valence electrons. The molecule has 0 unspecified atom stereocenters. The number of fused-ring (bicyclic) bond motifs is 1. The third-order valence-corrected chi connectivity index (χ3v) is 7.26. The number of carbonyl (C=O) groups excluding carboxylic acids is 1. The largest absolute Gasteiger partial charge is 0.494 e. The van der Waals surface area contributed by atoms with Crippen molar-refractivity contribution in [2.24, 2.45) is 0 Å². The van der Waals surface area contributed by atoms with Gasteiger partial charge in [-0.25, -0.2) is 8.42 Å². The second kappa shape index (κ2) is 11.0. The fraction of sp³-hybridized carbons (Fsp3) is 0.321. The van der Waals surface area contributed by atoms with Gasteiger partial charge in [0.2, 0.25) is 10.0 Å². The highest BCUT2D eigenvalue weighted by Crippen LogP contribution is 2.31. The Bertz CT molecular complexity index is 1340. The van der Waals surface area contributed by atoms with E-state index in [0.717, 1.165) is 24.8 Å². The van der Waals surface area contributed by atoms with Crippen molar-refractivity contribution in [3.05, 3.63) is 82.9 Å².